The molecule has 1 aromatic rings. The minimum absolute atomic E-state index is 0.311. The van der Waals surface area contributed by atoms with Crippen LogP contribution in [0.1, 0.15) is 40.2 Å². The Labute approximate surface area is 116 Å². The first-order chi connectivity index (χ1) is 8.62. The number of hydrogen-bond donors (Lipinski definition) is 2. The van der Waals surface area contributed by atoms with Crippen LogP contribution >= 0.6 is 0 Å². The Hall–Kier alpha value is -0.910. The smallest absolute Gasteiger partial charge is 0.241 e. The lowest BCUT2D eigenvalue weighted by atomic mass is 10.1. The van der Waals surface area contributed by atoms with E-state index in [-0.39, 0.29) is 0 Å². The molecule has 0 spiro atoms. The van der Waals surface area contributed by atoms with Crippen molar-refractivity contribution in [3.05, 3.63) is 29.8 Å². The van der Waals surface area contributed by atoms with E-state index in [1.165, 1.54) is 0 Å². The van der Waals surface area contributed by atoms with Crippen molar-refractivity contribution in [3.8, 4) is 0 Å². The lowest BCUT2D eigenvalue weighted by Gasteiger charge is -2.22. The van der Waals surface area contributed by atoms with Crippen LogP contribution in [0.15, 0.2) is 29.2 Å². The van der Waals surface area contributed by atoms with Gasteiger partial charge >= 0.3 is 0 Å². The average Bonchev–Trinajstić information content (AvgIpc) is 2.23. The van der Waals surface area contributed by atoms with Crippen LogP contribution in [0.4, 0.5) is 0 Å². The van der Waals surface area contributed by atoms with E-state index < -0.39 is 15.6 Å². The molecule has 5 heteroatoms. The summed E-state index contributed by atoms with van der Waals surface area (Å²) in [5, 5.41) is 3.24. The van der Waals surface area contributed by atoms with E-state index >= 15 is 0 Å². The second-order valence-corrected chi connectivity index (χ2v) is 7.65. The van der Waals surface area contributed by atoms with Gasteiger partial charge in [-0.2, -0.15) is 0 Å². The Morgan fingerprint density at radius 1 is 1.16 bits per heavy atom. The quantitative estimate of drug-likeness (QED) is 0.872. The third-order valence-corrected chi connectivity index (χ3v) is 4.26. The predicted molar refractivity (Wildman–Crippen MR) is 78.5 cm³/mol. The van der Waals surface area contributed by atoms with Gasteiger partial charge in [0.2, 0.25) is 10.0 Å². The Kier molecular flexibility index (Phi) is 5.12. The minimum atomic E-state index is -3.49. The van der Waals surface area contributed by atoms with E-state index in [0.29, 0.717) is 17.5 Å². The van der Waals surface area contributed by atoms with Crippen LogP contribution in [0.3, 0.4) is 0 Å². The summed E-state index contributed by atoms with van der Waals surface area (Å²) >= 11 is 0. The van der Waals surface area contributed by atoms with Crippen molar-refractivity contribution in [3.63, 3.8) is 0 Å². The molecule has 0 heterocycles. The number of benzene rings is 1. The Morgan fingerprint density at radius 2 is 1.74 bits per heavy atom. The summed E-state index contributed by atoms with van der Waals surface area (Å²) in [7, 11) is -3.49. The van der Waals surface area contributed by atoms with E-state index in [0.717, 1.165) is 5.56 Å². The SMILES string of the molecule is CC(C)NCc1ccccc1S(=O)(=O)NC(C)(C)C. The third kappa shape index (κ3) is 5.30. The van der Waals surface area contributed by atoms with Crippen molar-refractivity contribution in [1.29, 1.82) is 0 Å². The summed E-state index contributed by atoms with van der Waals surface area (Å²) in [4.78, 5) is 0.345. The third-order valence-electron chi connectivity index (χ3n) is 2.40. The molecule has 0 aromatic heterocycles. The highest BCUT2D eigenvalue weighted by Gasteiger charge is 2.23. The van der Waals surface area contributed by atoms with Gasteiger partial charge in [-0.3, -0.25) is 0 Å². The van der Waals surface area contributed by atoms with Crippen molar-refractivity contribution in [2.45, 2.75) is 57.6 Å². The van der Waals surface area contributed by atoms with Gasteiger partial charge in [-0.1, -0.05) is 32.0 Å². The van der Waals surface area contributed by atoms with Gasteiger partial charge in [0, 0.05) is 18.1 Å². The summed E-state index contributed by atoms with van der Waals surface area (Å²) in [5.41, 5.74) is 0.296. The van der Waals surface area contributed by atoms with Crippen LogP contribution in [-0.2, 0) is 16.6 Å². The fourth-order valence-electron chi connectivity index (χ4n) is 1.68. The fourth-order valence-corrected chi connectivity index (χ4v) is 3.34. The first-order valence-electron chi connectivity index (χ1n) is 6.47. The largest absolute Gasteiger partial charge is 0.310 e. The summed E-state index contributed by atoms with van der Waals surface area (Å²) in [5.74, 6) is 0. The van der Waals surface area contributed by atoms with Crippen molar-refractivity contribution in [2.24, 2.45) is 0 Å². The van der Waals surface area contributed by atoms with Crippen LogP contribution in [0.25, 0.3) is 0 Å². The average molecular weight is 284 g/mol. The van der Waals surface area contributed by atoms with Gasteiger partial charge in [-0.15, -0.1) is 0 Å². The Balaban J connectivity index is 3.06. The molecule has 0 aliphatic rings. The van der Waals surface area contributed by atoms with E-state index in [9.17, 15) is 8.42 Å². The lowest BCUT2D eigenvalue weighted by molar-refractivity contribution is 0.490. The van der Waals surface area contributed by atoms with Crippen LogP contribution in [0, 0.1) is 0 Å². The summed E-state index contributed by atoms with van der Waals surface area (Å²) in [6.07, 6.45) is 0. The molecule has 0 amide bonds. The zero-order valence-corrected chi connectivity index (χ0v) is 13.1. The van der Waals surface area contributed by atoms with Gasteiger partial charge in [-0.05, 0) is 32.4 Å². The first kappa shape index (κ1) is 16.1. The van der Waals surface area contributed by atoms with E-state index in [1.54, 1.807) is 12.1 Å². The van der Waals surface area contributed by atoms with Crippen LogP contribution in [-0.4, -0.2) is 20.0 Å². The van der Waals surface area contributed by atoms with E-state index in [4.69, 9.17) is 0 Å². The highest BCUT2D eigenvalue weighted by Crippen LogP contribution is 2.17. The molecule has 0 saturated carbocycles. The molecule has 1 rings (SSSR count). The van der Waals surface area contributed by atoms with E-state index in [2.05, 4.69) is 10.0 Å². The molecule has 0 unspecified atom stereocenters. The Morgan fingerprint density at radius 3 is 2.26 bits per heavy atom. The minimum Gasteiger partial charge on any atom is -0.310 e. The van der Waals surface area contributed by atoms with Crippen LogP contribution in [0.5, 0.6) is 0 Å². The second-order valence-electron chi connectivity index (χ2n) is 6.00. The Bertz CT molecular complexity index is 516. The van der Waals surface area contributed by atoms with E-state index in [1.807, 2.05) is 46.8 Å². The maximum Gasteiger partial charge on any atom is 0.241 e. The summed E-state index contributed by atoms with van der Waals surface area (Å²) in [6, 6.07) is 7.40. The van der Waals surface area contributed by atoms with Gasteiger partial charge in [-0.25, -0.2) is 13.1 Å². The number of hydrogen-bond acceptors (Lipinski definition) is 3. The molecule has 1 aromatic carbocycles. The summed E-state index contributed by atoms with van der Waals surface area (Å²) < 4.78 is 27.4. The lowest BCUT2D eigenvalue weighted by Crippen LogP contribution is -2.41. The monoisotopic (exact) mass is 284 g/mol. The summed E-state index contributed by atoms with van der Waals surface area (Å²) in [6.45, 7) is 10.1. The molecule has 0 saturated heterocycles. The van der Waals surface area contributed by atoms with Gasteiger partial charge in [0.25, 0.3) is 0 Å². The molecular weight excluding hydrogens is 260 g/mol. The standard InChI is InChI=1S/C14H24N2O2S/c1-11(2)15-10-12-8-6-7-9-13(12)19(17,18)16-14(3,4)5/h6-9,11,15-16H,10H2,1-5H3. The van der Waals surface area contributed by atoms with Crippen molar-refractivity contribution >= 4 is 10.0 Å². The number of nitrogens with one attached hydrogen (secondary N) is 2. The van der Waals surface area contributed by atoms with Crippen LogP contribution in [0.2, 0.25) is 0 Å². The van der Waals surface area contributed by atoms with Crippen LogP contribution < -0.4 is 10.0 Å². The highest BCUT2D eigenvalue weighted by atomic mass is 32.2. The molecule has 0 aliphatic carbocycles. The van der Waals surface area contributed by atoms with Crippen molar-refractivity contribution in [2.75, 3.05) is 0 Å². The molecule has 19 heavy (non-hydrogen) atoms. The maximum atomic E-state index is 12.4. The molecular formula is C14H24N2O2S. The van der Waals surface area contributed by atoms with Crippen molar-refractivity contribution in [1.82, 2.24) is 10.0 Å². The van der Waals surface area contributed by atoms with Gasteiger partial charge < -0.3 is 5.32 Å². The maximum absolute atomic E-state index is 12.4. The normalized spacial score (nSPS) is 12.9. The fraction of sp³-hybridized carbons (Fsp3) is 0.571. The van der Waals surface area contributed by atoms with Crippen molar-refractivity contribution < 1.29 is 8.42 Å². The molecule has 2 N–H and O–H groups in total. The molecule has 4 nitrogen and oxygen atoms in total. The molecule has 0 fully saturated rings. The second kappa shape index (κ2) is 6.03. The zero-order chi connectivity index (χ0) is 14.7. The topological polar surface area (TPSA) is 58.2 Å². The van der Waals surface area contributed by atoms with Gasteiger partial charge in [0.1, 0.15) is 0 Å². The molecule has 0 atom stereocenters. The molecule has 0 radical (unpaired) electrons. The highest BCUT2D eigenvalue weighted by molar-refractivity contribution is 7.89. The molecule has 0 aliphatic heterocycles. The number of rotatable bonds is 5. The zero-order valence-electron chi connectivity index (χ0n) is 12.3. The molecule has 108 valence electrons. The van der Waals surface area contributed by atoms with Gasteiger partial charge in [0.05, 0.1) is 4.90 Å². The van der Waals surface area contributed by atoms with Gasteiger partial charge in [0.15, 0.2) is 0 Å². The predicted octanol–water partition coefficient (Wildman–Crippen LogP) is 2.26. The number of sulfonamides is 1. The molecule has 0 bridgehead atoms. The first-order valence-corrected chi connectivity index (χ1v) is 7.95.